The van der Waals surface area contributed by atoms with E-state index in [4.69, 9.17) is 9.47 Å². The molecule has 3 aromatic carbocycles. The molecule has 228 valence electrons. The van der Waals surface area contributed by atoms with Gasteiger partial charge in [-0.3, -0.25) is 4.98 Å². The number of nitrogens with one attached hydrogen (secondary N) is 1. The number of hydrogen-bond donors (Lipinski definition) is 2. The first kappa shape index (κ1) is 30.1. The number of pyridine rings is 1. The van der Waals surface area contributed by atoms with E-state index in [0.29, 0.717) is 58.8 Å². The number of aliphatic hydroxyl groups is 1. The molecule has 2 N–H and O–H groups in total. The predicted octanol–water partition coefficient (Wildman–Crippen LogP) is 6.96. The van der Waals surface area contributed by atoms with E-state index >= 15 is 0 Å². The summed E-state index contributed by atoms with van der Waals surface area (Å²) in [6.45, 7) is 1.59. The molecule has 1 aliphatic heterocycles. The largest absolute Gasteiger partial charge is 0.490 e. The lowest BCUT2D eigenvalue weighted by atomic mass is 9.94. The average molecular weight is 641 g/mol. The van der Waals surface area contributed by atoms with Gasteiger partial charge < -0.3 is 14.6 Å². The molecule has 0 spiro atoms. The van der Waals surface area contributed by atoms with Gasteiger partial charge in [-0.25, -0.2) is 8.42 Å². The van der Waals surface area contributed by atoms with Gasteiger partial charge in [0.1, 0.15) is 0 Å². The Labute approximate surface area is 256 Å². The molecule has 1 aliphatic rings. The molecule has 0 saturated heterocycles. The Morgan fingerprint density at radius 2 is 1.68 bits per heavy atom. The van der Waals surface area contributed by atoms with Crippen LogP contribution >= 0.6 is 11.3 Å². The van der Waals surface area contributed by atoms with Crippen molar-refractivity contribution in [3.8, 4) is 22.8 Å². The van der Waals surface area contributed by atoms with Crippen LogP contribution in [0.3, 0.4) is 0 Å². The van der Waals surface area contributed by atoms with Gasteiger partial charge in [-0.1, -0.05) is 48.5 Å². The van der Waals surface area contributed by atoms with Crippen LogP contribution in [-0.4, -0.2) is 37.9 Å². The van der Waals surface area contributed by atoms with E-state index in [1.54, 1.807) is 18.2 Å². The Balaban J connectivity index is 1.41. The second kappa shape index (κ2) is 11.5. The van der Waals surface area contributed by atoms with E-state index in [1.807, 2.05) is 42.5 Å². The Kier molecular flexibility index (Phi) is 7.87. The second-order valence-corrected chi connectivity index (χ2v) is 13.3. The third-order valence-corrected chi connectivity index (χ3v) is 10.1. The number of halogens is 3. The van der Waals surface area contributed by atoms with Gasteiger partial charge in [0.15, 0.2) is 17.1 Å². The second-order valence-electron chi connectivity index (χ2n) is 10.5. The molecule has 12 heteroatoms. The number of alkyl halides is 3. The zero-order valence-corrected chi connectivity index (χ0v) is 25.0. The summed E-state index contributed by atoms with van der Waals surface area (Å²) in [4.78, 5) is 4.98. The fourth-order valence-corrected chi connectivity index (χ4v) is 7.50. The van der Waals surface area contributed by atoms with Crippen LogP contribution in [0.2, 0.25) is 0 Å². The minimum Gasteiger partial charge on any atom is -0.490 e. The van der Waals surface area contributed by atoms with Crippen LogP contribution in [0.1, 0.15) is 35.4 Å². The van der Waals surface area contributed by atoms with Crippen LogP contribution in [-0.2, 0) is 15.6 Å². The van der Waals surface area contributed by atoms with Crippen LogP contribution < -0.4 is 14.2 Å². The first-order valence-electron chi connectivity index (χ1n) is 13.7. The van der Waals surface area contributed by atoms with Gasteiger partial charge in [-0.2, -0.15) is 17.9 Å². The molecule has 0 fully saturated rings. The molecule has 0 saturated carbocycles. The van der Waals surface area contributed by atoms with E-state index in [0.717, 1.165) is 11.5 Å². The number of aromatic nitrogens is 1. The molecule has 3 heterocycles. The van der Waals surface area contributed by atoms with Crippen LogP contribution in [0.5, 0.6) is 11.5 Å². The summed E-state index contributed by atoms with van der Waals surface area (Å²) >= 11 is 1.31. The van der Waals surface area contributed by atoms with Gasteiger partial charge in [0, 0.05) is 33.8 Å². The normalized spacial score (nSPS) is 15.8. The van der Waals surface area contributed by atoms with Crippen molar-refractivity contribution in [2.75, 3.05) is 13.2 Å². The Hall–Kier alpha value is -3.97. The molecule has 44 heavy (non-hydrogen) atoms. The summed E-state index contributed by atoms with van der Waals surface area (Å²) in [5.74, 6) is 0.833. The topological polar surface area (TPSA) is 97.8 Å². The number of fused-ring (bicyclic) bond motifs is 2. The van der Waals surface area contributed by atoms with Gasteiger partial charge in [-0.15, -0.1) is 11.3 Å². The first-order valence-corrected chi connectivity index (χ1v) is 16.0. The van der Waals surface area contributed by atoms with E-state index in [9.17, 15) is 26.7 Å². The molecule has 2 aromatic heterocycles. The van der Waals surface area contributed by atoms with Crippen LogP contribution in [0.25, 0.3) is 21.3 Å². The molecular weight excluding hydrogens is 613 g/mol. The number of thiophene rings is 1. The molecule has 2 atom stereocenters. The lowest BCUT2D eigenvalue weighted by molar-refractivity contribution is -0.258. The van der Waals surface area contributed by atoms with Crippen molar-refractivity contribution >= 4 is 31.4 Å². The average Bonchev–Trinajstić information content (AvgIpc) is 3.30. The lowest BCUT2D eigenvalue weighted by Crippen LogP contribution is -2.39. The van der Waals surface area contributed by atoms with Crippen LogP contribution in [0.4, 0.5) is 13.2 Å². The van der Waals surface area contributed by atoms with E-state index < -0.39 is 27.8 Å². The zero-order valence-electron chi connectivity index (χ0n) is 23.3. The highest BCUT2D eigenvalue weighted by molar-refractivity contribution is 7.89. The van der Waals surface area contributed by atoms with Crippen LogP contribution in [0, 0.1) is 0 Å². The predicted molar refractivity (Wildman–Crippen MR) is 161 cm³/mol. The maximum atomic E-state index is 13.7. The van der Waals surface area contributed by atoms with Gasteiger partial charge in [0.2, 0.25) is 10.0 Å². The summed E-state index contributed by atoms with van der Waals surface area (Å²) in [5.41, 5.74) is -1.91. The Bertz CT molecular complexity index is 1930. The number of benzene rings is 3. The first-order chi connectivity index (χ1) is 20.9. The number of ether oxygens (including phenoxy) is 2. The van der Waals surface area contributed by atoms with Crippen molar-refractivity contribution in [3.63, 3.8) is 0 Å². The molecule has 7 nitrogen and oxygen atoms in total. The summed E-state index contributed by atoms with van der Waals surface area (Å²) < 4.78 is 83.1. The fourth-order valence-electron chi connectivity index (χ4n) is 4.94. The molecule has 5 aromatic rings. The van der Waals surface area contributed by atoms with Gasteiger partial charge in [-0.05, 0) is 53.8 Å². The summed E-state index contributed by atoms with van der Waals surface area (Å²) in [6, 6.07) is 22.3. The van der Waals surface area contributed by atoms with Gasteiger partial charge >= 0.3 is 6.18 Å². The molecule has 0 radical (unpaired) electrons. The Morgan fingerprint density at radius 1 is 0.932 bits per heavy atom. The fraction of sp³-hybridized carbons (Fsp3) is 0.219. The number of nitrogens with zero attached hydrogens (tertiary/aromatic N) is 1. The summed E-state index contributed by atoms with van der Waals surface area (Å²) in [5, 5.41) is 11.0. The maximum Gasteiger partial charge on any atom is 0.421 e. The molecule has 6 rings (SSSR count). The van der Waals surface area contributed by atoms with Gasteiger partial charge in [0.05, 0.1) is 29.8 Å². The number of sulfonamides is 1. The highest BCUT2D eigenvalue weighted by Crippen LogP contribution is 2.42. The SMILES string of the molecule is C[C@](O)(c1ccnc(-c2cccc3cc([C@H](NS(=O)(=O)c4ccc5c(c4)OCCCO5)c4ccccc4)sc23)c1)C(F)(F)F. The van der Waals surface area contributed by atoms with Crippen molar-refractivity contribution in [2.45, 2.75) is 36.1 Å². The number of hydrogen-bond acceptors (Lipinski definition) is 7. The quantitative estimate of drug-likeness (QED) is 0.200. The zero-order chi connectivity index (χ0) is 31.1. The molecular formula is C32H27F3N2O5S2. The molecule has 0 aliphatic carbocycles. The van der Waals surface area contributed by atoms with Crippen molar-refractivity contribution in [2.24, 2.45) is 0 Å². The highest BCUT2D eigenvalue weighted by Gasteiger charge is 2.51. The van der Waals surface area contributed by atoms with Gasteiger partial charge in [0.25, 0.3) is 0 Å². The Morgan fingerprint density at radius 3 is 2.43 bits per heavy atom. The van der Waals surface area contributed by atoms with Crippen molar-refractivity contribution in [3.05, 3.63) is 107 Å². The van der Waals surface area contributed by atoms with Crippen molar-refractivity contribution < 1.29 is 36.2 Å². The summed E-state index contributed by atoms with van der Waals surface area (Å²) in [6.07, 6.45) is -2.97. The summed E-state index contributed by atoms with van der Waals surface area (Å²) in [7, 11) is -4.06. The lowest BCUT2D eigenvalue weighted by Gasteiger charge is -2.26. The third kappa shape index (κ3) is 5.77. The van der Waals surface area contributed by atoms with E-state index in [2.05, 4.69) is 9.71 Å². The molecule has 0 bridgehead atoms. The monoisotopic (exact) mass is 640 g/mol. The van der Waals surface area contributed by atoms with Crippen LogP contribution in [0.15, 0.2) is 96.0 Å². The van der Waals surface area contributed by atoms with Crippen molar-refractivity contribution in [1.82, 2.24) is 9.71 Å². The third-order valence-electron chi connectivity index (χ3n) is 7.43. The van der Waals surface area contributed by atoms with E-state index in [-0.39, 0.29) is 16.2 Å². The molecule has 0 unspecified atom stereocenters. The minimum absolute atomic E-state index is 0.0159. The standard InChI is InChI=1S/C32H27F3N2O5S2/c1-31(38,32(33,34)35)22-13-14-36-25(18-22)24-10-5-9-21-17-28(43-30(21)24)29(20-7-3-2-4-8-20)37-44(39,40)23-11-12-26-27(19-23)42-16-6-15-41-26/h2-5,7-14,17-19,29,37-38H,6,15-16H2,1H3/t29-,31+/m1/s1. The highest BCUT2D eigenvalue weighted by atomic mass is 32.2. The number of rotatable bonds is 7. The smallest absolute Gasteiger partial charge is 0.421 e. The minimum atomic E-state index is -4.88. The van der Waals surface area contributed by atoms with E-state index in [1.165, 1.54) is 35.7 Å². The molecule has 0 amide bonds. The van der Waals surface area contributed by atoms with Crippen molar-refractivity contribution in [1.29, 1.82) is 0 Å². The maximum absolute atomic E-state index is 13.7.